The number of ketones is 1. The van der Waals surface area contributed by atoms with Crippen LogP contribution in [0, 0.1) is 0 Å². The number of imide groups is 1. The number of hydrogen-bond acceptors (Lipinski definition) is 3. The molecule has 56 heavy (non-hydrogen) atoms. The maximum atomic E-state index is 15.3. The van der Waals surface area contributed by atoms with Crippen molar-refractivity contribution in [3.63, 3.8) is 0 Å². The average Bonchev–Trinajstić information content (AvgIpc) is 3.73. The summed E-state index contributed by atoms with van der Waals surface area (Å²) >= 11 is 0. The molecule has 2 amide bonds. The van der Waals surface area contributed by atoms with Crippen LogP contribution in [0.3, 0.4) is 0 Å². The van der Waals surface area contributed by atoms with Crippen molar-refractivity contribution in [2.24, 2.45) is 0 Å². The molecular weight excluding hydrogens is 689 g/mol. The lowest BCUT2D eigenvalue weighted by atomic mass is 9.90. The summed E-state index contributed by atoms with van der Waals surface area (Å²) in [6.07, 6.45) is 0. The van der Waals surface area contributed by atoms with E-state index in [1.54, 1.807) is 6.07 Å². The SMILES string of the molecule is O=C(c1ccccc1)c1ccc2c3ccccc3n(-c3cccc4c3C(=O)N(c3c(-c5ccccc5)cc(-c5ccccc5)cc3-c3ccccc3)C4=O)c2c1. The molecule has 1 aliphatic rings. The zero-order valence-electron chi connectivity index (χ0n) is 30.1. The number of aromatic nitrogens is 1. The standard InChI is InChI=1S/C51H32N2O3/c54-49(36-22-11-4-12-23-36)37-28-29-40-39-24-13-14-26-44(39)52(46(40)32-37)45-27-15-25-41-47(45)51(56)53(50(41)55)48-42(34-18-7-2-8-19-34)30-38(33-16-5-1-6-17-33)31-43(48)35-20-9-3-10-21-35/h1-32H. The van der Waals surface area contributed by atoms with E-state index < -0.39 is 11.8 Å². The summed E-state index contributed by atoms with van der Waals surface area (Å²) in [4.78, 5) is 45.3. The maximum Gasteiger partial charge on any atom is 0.268 e. The van der Waals surface area contributed by atoms with E-state index in [-0.39, 0.29) is 5.78 Å². The Kier molecular flexibility index (Phi) is 7.86. The molecule has 0 unspecified atom stereocenters. The number of nitrogens with zero attached hydrogens (tertiary/aromatic N) is 2. The van der Waals surface area contributed by atoms with Crippen LogP contribution in [0.25, 0.3) is 60.9 Å². The van der Waals surface area contributed by atoms with E-state index >= 15 is 4.79 Å². The Morgan fingerprint density at radius 3 is 1.59 bits per heavy atom. The molecule has 0 saturated heterocycles. The normalized spacial score (nSPS) is 12.4. The molecule has 0 bridgehead atoms. The quantitative estimate of drug-likeness (QED) is 0.122. The van der Waals surface area contributed by atoms with Crippen LogP contribution >= 0.6 is 0 Å². The van der Waals surface area contributed by atoms with E-state index in [1.165, 1.54) is 4.90 Å². The summed E-state index contributed by atoms with van der Waals surface area (Å²) in [7, 11) is 0. The number of hydrogen-bond donors (Lipinski definition) is 0. The molecule has 0 radical (unpaired) electrons. The van der Waals surface area contributed by atoms with Crippen LogP contribution in [0.5, 0.6) is 0 Å². The van der Waals surface area contributed by atoms with Crippen LogP contribution in [0.2, 0.25) is 0 Å². The van der Waals surface area contributed by atoms with Gasteiger partial charge in [-0.1, -0.05) is 158 Å². The first kappa shape index (κ1) is 33.0. The monoisotopic (exact) mass is 720 g/mol. The Morgan fingerprint density at radius 1 is 0.393 bits per heavy atom. The third-order valence-corrected chi connectivity index (χ3v) is 10.7. The van der Waals surface area contributed by atoms with Crippen molar-refractivity contribution in [3.05, 3.63) is 216 Å². The number of carbonyl (C=O) groups excluding carboxylic acids is 3. The van der Waals surface area contributed by atoms with Gasteiger partial charge in [0.2, 0.25) is 0 Å². The summed E-state index contributed by atoms with van der Waals surface area (Å²) in [6, 6.07) is 62.5. The smallest absolute Gasteiger partial charge is 0.268 e. The highest BCUT2D eigenvalue weighted by Crippen LogP contribution is 2.47. The van der Waals surface area contributed by atoms with Crippen LogP contribution in [0.15, 0.2) is 194 Å². The van der Waals surface area contributed by atoms with Crippen LogP contribution in [0.1, 0.15) is 36.6 Å². The fourth-order valence-electron chi connectivity index (χ4n) is 8.13. The summed E-state index contributed by atoms with van der Waals surface area (Å²) in [5.41, 5.74) is 9.76. The van der Waals surface area contributed by atoms with Gasteiger partial charge in [0.1, 0.15) is 0 Å². The average molecular weight is 721 g/mol. The fourth-order valence-corrected chi connectivity index (χ4v) is 8.13. The van der Waals surface area contributed by atoms with Gasteiger partial charge in [0.15, 0.2) is 5.78 Å². The molecule has 0 aliphatic carbocycles. The molecule has 1 aliphatic heterocycles. The van der Waals surface area contributed by atoms with Gasteiger partial charge in [-0.25, -0.2) is 4.90 Å². The van der Waals surface area contributed by atoms with E-state index in [0.717, 1.165) is 55.2 Å². The second-order valence-corrected chi connectivity index (χ2v) is 13.9. The van der Waals surface area contributed by atoms with Crippen molar-refractivity contribution in [1.29, 1.82) is 0 Å². The highest BCUT2D eigenvalue weighted by Gasteiger charge is 2.41. The van der Waals surface area contributed by atoms with E-state index in [1.807, 2.05) is 168 Å². The minimum absolute atomic E-state index is 0.0964. The molecule has 8 aromatic carbocycles. The number of rotatable bonds is 7. The lowest BCUT2D eigenvalue weighted by Crippen LogP contribution is -2.30. The summed E-state index contributed by atoms with van der Waals surface area (Å²) in [5, 5.41) is 1.91. The second-order valence-electron chi connectivity index (χ2n) is 13.9. The Labute approximate surface area is 323 Å². The van der Waals surface area contributed by atoms with Gasteiger partial charge in [0.25, 0.3) is 11.8 Å². The van der Waals surface area contributed by atoms with Crippen molar-refractivity contribution in [1.82, 2.24) is 4.57 Å². The molecule has 2 heterocycles. The molecule has 9 aromatic rings. The van der Waals surface area contributed by atoms with Gasteiger partial charge in [-0.15, -0.1) is 0 Å². The minimum Gasteiger partial charge on any atom is -0.308 e. The van der Waals surface area contributed by atoms with E-state index in [4.69, 9.17) is 0 Å². The second kappa shape index (κ2) is 13.3. The van der Waals surface area contributed by atoms with Crippen LogP contribution in [-0.2, 0) is 0 Å². The van der Waals surface area contributed by atoms with E-state index in [9.17, 15) is 9.59 Å². The van der Waals surface area contributed by atoms with Crippen LogP contribution in [-0.4, -0.2) is 22.2 Å². The molecular formula is C51H32N2O3. The number of anilines is 1. The molecule has 1 aromatic heterocycles. The van der Waals surface area contributed by atoms with Gasteiger partial charge in [-0.2, -0.15) is 0 Å². The number of para-hydroxylation sites is 1. The van der Waals surface area contributed by atoms with Crippen molar-refractivity contribution < 1.29 is 14.4 Å². The Balaban J connectivity index is 1.21. The zero-order chi connectivity index (χ0) is 37.8. The molecule has 5 heteroatoms. The Morgan fingerprint density at radius 2 is 0.946 bits per heavy atom. The first-order valence-corrected chi connectivity index (χ1v) is 18.6. The fraction of sp³-hybridized carbons (Fsp3) is 0. The molecule has 0 N–H and O–H groups in total. The Hall–Kier alpha value is -7.63. The number of benzene rings is 8. The van der Waals surface area contributed by atoms with E-state index in [0.29, 0.717) is 33.6 Å². The molecule has 0 spiro atoms. The summed E-state index contributed by atoms with van der Waals surface area (Å²) in [5.74, 6) is -0.903. The largest absolute Gasteiger partial charge is 0.308 e. The van der Waals surface area contributed by atoms with Gasteiger partial charge < -0.3 is 4.57 Å². The maximum absolute atomic E-state index is 15.3. The molecule has 264 valence electrons. The predicted molar refractivity (Wildman–Crippen MR) is 225 cm³/mol. The minimum atomic E-state index is -0.412. The van der Waals surface area contributed by atoms with Gasteiger partial charge >= 0.3 is 0 Å². The van der Waals surface area contributed by atoms with Crippen LogP contribution < -0.4 is 4.90 Å². The highest BCUT2D eigenvalue weighted by molar-refractivity contribution is 6.37. The molecule has 0 atom stereocenters. The lowest BCUT2D eigenvalue weighted by Gasteiger charge is -2.24. The number of fused-ring (bicyclic) bond motifs is 4. The summed E-state index contributed by atoms with van der Waals surface area (Å²) < 4.78 is 2.02. The molecule has 10 rings (SSSR count). The van der Waals surface area contributed by atoms with Crippen LogP contribution in [0.4, 0.5) is 5.69 Å². The molecule has 0 saturated carbocycles. The van der Waals surface area contributed by atoms with Crippen molar-refractivity contribution in [3.8, 4) is 39.1 Å². The summed E-state index contributed by atoms with van der Waals surface area (Å²) in [6.45, 7) is 0. The van der Waals surface area contributed by atoms with Gasteiger partial charge in [0, 0.05) is 33.0 Å². The molecule has 0 fully saturated rings. The number of amides is 2. The third kappa shape index (κ3) is 5.29. The van der Waals surface area contributed by atoms with Gasteiger partial charge in [-0.3, -0.25) is 14.4 Å². The first-order chi connectivity index (χ1) is 27.6. The highest BCUT2D eigenvalue weighted by atomic mass is 16.2. The first-order valence-electron chi connectivity index (χ1n) is 18.6. The van der Waals surface area contributed by atoms with Crippen molar-refractivity contribution in [2.75, 3.05) is 4.90 Å². The molecule has 5 nitrogen and oxygen atoms in total. The van der Waals surface area contributed by atoms with Gasteiger partial charge in [0.05, 0.1) is 33.5 Å². The van der Waals surface area contributed by atoms with E-state index in [2.05, 4.69) is 24.3 Å². The lowest BCUT2D eigenvalue weighted by molar-refractivity contribution is 0.0925. The topological polar surface area (TPSA) is 59.4 Å². The van der Waals surface area contributed by atoms with Crippen molar-refractivity contribution in [2.45, 2.75) is 0 Å². The third-order valence-electron chi connectivity index (χ3n) is 10.7. The Bertz CT molecular complexity index is 2950. The number of carbonyl (C=O) groups is 3. The van der Waals surface area contributed by atoms with Crippen molar-refractivity contribution >= 4 is 45.1 Å². The van der Waals surface area contributed by atoms with Gasteiger partial charge in [-0.05, 0) is 58.7 Å². The zero-order valence-corrected chi connectivity index (χ0v) is 30.1. The predicted octanol–water partition coefficient (Wildman–Crippen LogP) is 11.8.